The fourth-order valence-electron chi connectivity index (χ4n) is 4.63. The van der Waals surface area contributed by atoms with E-state index in [0.29, 0.717) is 32.0 Å². The molecule has 1 aromatic carbocycles. The van der Waals surface area contributed by atoms with E-state index in [4.69, 9.17) is 9.47 Å². The van der Waals surface area contributed by atoms with Crippen molar-refractivity contribution < 1.29 is 27.5 Å². The number of piperidine rings is 2. The topological polar surface area (TPSA) is 96.5 Å². The third kappa shape index (κ3) is 5.67. The summed E-state index contributed by atoms with van der Waals surface area (Å²) in [6, 6.07) is 4.66. The molecule has 3 aliphatic heterocycles. The summed E-state index contributed by atoms with van der Waals surface area (Å²) in [7, 11) is -3.76. The zero-order valence-electron chi connectivity index (χ0n) is 19.0. The van der Waals surface area contributed by atoms with Crippen LogP contribution in [0.3, 0.4) is 0 Å². The zero-order chi connectivity index (χ0) is 23.3. The number of anilines is 1. The minimum Gasteiger partial charge on any atom is -0.452 e. The number of likely N-dealkylation sites (tertiary alicyclic amines) is 1. The molecule has 3 fully saturated rings. The Bertz CT molecular complexity index is 949. The molecule has 0 radical (unpaired) electrons. The number of carbonyl (C=O) groups excluding carboxylic acids is 2. The molecule has 0 aliphatic carbocycles. The molecular weight excluding hydrogens is 446 g/mol. The maximum absolute atomic E-state index is 13.2. The molecule has 0 aromatic heterocycles. The summed E-state index contributed by atoms with van der Waals surface area (Å²) in [5, 5.41) is 0. The lowest BCUT2D eigenvalue weighted by atomic mass is 10.1. The summed E-state index contributed by atoms with van der Waals surface area (Å²) in [5.74, 6) is -0.875. The van der Waals surface area contributed by atoms with E-state index < -0.39 is 16.0 Å². The fraction of sp³-hybridized carbons (Fsp3) is 0.652. The largest absolute Gasteiger partial charge is 0.452 e. The third-order valence-electron chi connectivity index (χ3n) is 6.53. The Morgan fingerprint density at radius 3 is 2.18 bits per heavy atom. The maximum atomic E-state index is 13.2. The van der Waals surface area contributed by atoms with Crippen LogP contribution in [0.15, 0.2) is 23.1 Å². The molecule has 4 rings (SSSR count). The molecule has 0 spiro atoms. The van der Waals surface area contributed by atoms with E-state index >= 15 is 0 Å². The summed E-state index contributed by atoms with van der Waals surface area (Å²) in [5.41, 5.74) is 0.851. The zero-order valence-corrected chi connectivity index (χ0v) is 19.9. The first-order valence-electron chi connectivity index (χ1n) is 11.9. The molecule has 9 nitrogen and oxygen atoms in total. The molecule has 33 heavy (non-hydrogen) atoms. The van der Waals surface area contributed by atoms with Crippen LogP contribution >= 0.6 is 0 Å². The number of benzene rings is 1. The number of hydrogen-bond donors (Lipinski definition) is 0. The first-order chi connectivity index (χ1) is 16.0. The average Bonchev–Trinajstić information content (AvgIpc) is 2.88. The van der Waals surface area contributed by atoms with Gasteiger partial charge in [0.15, 0.2) is 6.61 Å². The highest BCUT2D eigenvalue weighted by atomic mass is 32.2. The van der Waals surface area contributed by atoms with Crippen LogP contribution in [0.4, 0.5) is 5.69 Å². The van der Waals surface area contributed by atoms with E-state index in [0.717, 1.165) is 51.6 Å². The van der Waals surface area contributed by atoms with Gasteiger partial charge in [0.25, 0.3) is 5.91 Å². The summed E-state index contributed by atoms with van der Waals surface area (Å²) in [4.78, 5) is 29.5. The van der Waals surface area contributed by atoms with Crippen LogP contribution in [0.25, 0.3) is 0 Å². The van der Waals surface area contributed by atoms with Crippen LogP contribution in [-0.4, -0.2) is 88.6 Å². The summed E-state index contributed by atoms with van der Waals surface area (Å²) in [6.45, 7) is 3.87. The number of rotatable bonds is 6. The first kappa shape index (κ1) is 24.0. The van der Waals surface area contributed by atoms with Crippen LogP contribution in [0.2, 0.25) is 0 Å². The lowest BCUT2D eigenvalue weighted by molar-refractivity contribution is -0.135. The molecule has 10 heteroatoms. The number of sulfonamides is 1. The van der Waals surface area contributed by atoms with Crippen LogP contribution in [-0.2, 0) is 24.3 Å². The van der Waals surface area contributed by atoms with Gasteiger partial charge in [0, 0.05) is 39.3 Å². The van der Waals surface area contributed by atoms with Crippen molar-refractivity contribution in [2.45, 2.75) is 43.4 Å². The van der Waals surface area contributed by atoms with Crippen molar-refractivity contribution in [3.63, 3.8) is 0 Å². The van der Waals surface area contributed by atoms with E-state index in [-0.39, 0.29) is 36.1 Å². The molecule has 3 heterocycles. The highest BCUT2D eigenvalue weighted by Crippen LogP contribution is 2.29. The summed E-state index contributed by atoms with van der Waals surface area (Å²) >= 11 is 0. The van der Waals surface area contributed by atoms with Crippen molar-refractivity contribution in [2.75, 3.05) is 64.0 Å². The number of hydrogen-bond acceptors (Lipinski definition) is 7. The molecule has 182 valence electrons. The van der Waals surface area contributed by atoms with Crippen LogP contribution in [0, 0.1) is 0 Å². The number of amides is 1. The second-order valence-corrected chi connectivity index (χ2v) is 10.7. The van der Waals surface area contributed by atoms with Crippen LogP contribution in [0.1, 0.15) is 48.9 Å². The van der Waals surface area contributed by atoms with Gasteiger partial charge >= 0.3 is 5.97 Å². The maximum Gasteiger partial charge on any atom is 0.340 e. The van der Waals surface area contributed by atoms with Gasteiger partial charge in [-0.2, -0.15) is 4.31 Å². The average molecular weight is 480 g/mol. The molecule has 0 atom stereocenters. The van der Waals surface area contributed by atoms with Crippen molar-refractivity contribution in [1.82, 2.24) is 9.21 Å². The predicted octanol–water partition coefficient (Wildman–Crippen LogP) is 1.87. The van der Waals surface area contributed by atoms with E-state index in [1.165, 1.54) is 10.4 Å². The highest BCUT2D eigenvalue weighted by Gasteiger charge is 2.29. The van der Waals surface area contributed by atoms with Crippen molar-refractivity contribution in [3.8, 4) is 0 Å². The Hall–Kier alpha value is -2.17. The lowest BCUT2D eigenvalue weighted by Gasteiger charge is -2.31. The second-order valence-electron chi connectivity index (χ2n) is 8.76. The SMILES string of the molecule is O=C(OCC(=O)N1CCCCC1)c1cc(S(=O)(=O)N2CCOCC2)ccc1N1CCCCC1. The molecule has 3 saturated heterocycles. The van der Waals surface area contributed by atoms with Gasteiger partial charge in [0.1, 0.15) is 0 Å². The van der Waals surface area contributed by atoms with E-state index in [2.05, 4.69) is 4.90 Å². The molecule has 1 amide bonds. The van der Waals surface area contributed by atoms with Gasteiger partial charge in [-0.05, 0) is 56.7 Å². The Morgan fingerprint density at radius 1 is 0.879 bits per heavy atom. The fourth-order valence-corrected chi connectivity index (χ4v) is 6.06. The monoisotopic (exact) mass is 479 g/mol. The standard InChI is InChI=1S/C23H33N3O6S/c27-22(25-11-5-2-6-12-25)18-32-23(28)20-17-19(33(29,30)26-13-15-31-16-14-26)7-8-21(20)24-9-3-1-4-10-24/h7-8,17H,1-6,9-16,18H2. The predicted molar refractivity (Wildman–Crippen MR) is 123 cm³/mol. The minimum absolute atomic E-state index is 0.0551. The lowest BCUT2D eigenvalue weighted by Crippen LogP contribution is -2.40. The first-order valence-corrected chi connectivity index (χ1v) is 13.3. The molecular formula is C23H33N3O6S. The van der Waals surface area contributed by atoms with Crippen molar-refractivity contribution in [3.05, 3.63) is 23.8 Å². The summed E-state index contributed by atoms with van der Waals surface area (Å²) in [6.07, 6.45) is 6.17. The quantitative estimate of drug-likeness (QED) is 0.575. The molecule has 3 aliphatic rings. The number of morpholine rings is 1. The van der Waals surface area contributed by atoms with Crippen LogP contribution in [0.5, 0.6) is 0 Å². The molecule has 1 aromatic rings. The van der Waals surface area contributed by atoms with Gasteiger partial charge in [-0.25, -0.2) is 13.2 Å². The van der Waals surface area contributed by atoms with Crippen molar-refractivity contribution >= 4 is 27.6 Å². The normalized spacial score (nSPS) is 20.5. The van der Waals surface area contributed by atoms with E-state index in [9.17, 15) is 18.0 Å². The van der Waals surface area contributed by atoms with E-state index in [1.54, 1.807) is 17.0 Å². The van der Waals surface area contributed by atoms with Crippen LogP contribution < -0.4 is 4.90 Å². The summed E-state index contributed by atoms with van der Waals surface area (Å²) < 4.78 is 38.4. The smallest absolute Gasteiger partial charge is 0.340 e. The molecule has 0 unspecified atom stereocenters. The third-order valence-corrected chi connectivity index (χ3v) is 8.42. The number of ether oxygens (including phenoxy) is 2. The number of carbonyl (C=O) groups is 2. The van der Waals surface area contributed by atoms with Gasteiger partial charge in [-0.1, -0.05) is 0 Å². The van der Waals surface area contributed by atoms with Gasteiger partial charge < -0.3 is 19.3 Å². The minimum atomic E-state index is -3.76. The Morgan fingerprint density at radius 2 is 1.52 bits per heavy atom. The van der Waals surface area contributed by atoms with Gasteiger partial charge in [-0.3, -0.25) is 4.79 Å². The Kier molecular flexibility index (Phi) is 7.87. The molecule has 0 saturated carbocycles. The van der Waals surface area contributed by atoms with E-state index in [1.807, 2.05) is 0 Å². The van der Waals surface area contributed by atoms with Gasteiger partial charge in [0.05, 0.1) is 29.4 Å². The Balaban J connectivity index is 1.56. The van der Waals surface area contributed by atoms with Crippen molar-refractivity contribution in [1.29, 1.82) is 0 Å². The second kappa shape index (κ2) is 10.8. The van der Waals surface area contributed by atoms with Gasteiger partial charge in [-0.15, -0.1) is 0 Å². The number of nitrogens with zero attached hydrogens (tertiary/aromatic N) is 3. The number of esters is 1. The Labute approximate surface area is 195 Å². The molecule has 0 N–H and O–H groups in total. The van der Waals surface area contributed by atoms with Crippen molar-refractivity contribution in [2.24, 2.45) is 0 Å². The van der Waals surface area contributed by atoms with Gasteiger partial charge in [0.2, 0.25) is 10.0 Å². The molecule has 0 bridgehead atoms. The highest BCUT2D eigenvalue weighted by molar-refractivity contribution is 7.89.